The summed E-state index contributed by atoms with van der Waals surface area (Å²) >= 11 is 0. The van der Waals surface area contributed by atoms with Crippen LogP contribution in [-0.4, -0.2) is 23.6 Å². The van der Waals surface area contributed by atoms with Crippen LogP contribution in [0.15, 0.2) is 42.5 Å². The van der Waals surface area contributed by atoms with E-state index in [1.54, 1.807) is 18.2 Å². The van der Waals surface area contributed by atoms with Crippen molar-refractivity contribution in [2.24, 2.45) is 0 Å². The lowest BCUT2D eigenvalue weighted by Gasteiger charge is -2.11. The Labute approximate surface area is 154 Å². The van der Waals surface area contributed by atoms with Gasteiger partial charge in [-0.05, 0) is 54.2 Å². The van der Waals surface area contributed by atoms with Crippen molar-refractivity contribution in [3.63, 3.8) is 0 Å². The predicted octanol–water partition coefficient (Wildman–Crippen LogP) is 4.15. The molecule has 0 atom stereocenters. The number of rotatable bonds is 8. The van der Waals surface area contributed by atoms with Crippen molar-refractivity contribution in [2.75, 3.05) is 11.9 Å². The van der Waals surface area contributed by atoms with E-state index >= 15 is 0 Å². The van der Waals surface area contributed by atoms with E-state index in [4.69, 9.17) is 9.84 Å². The van der Waals surface area contributed by atoms with Crippen LogP contribution in [0.2, 0.25) is 0 Å². The van der Waals surface area contributed by atoms with Crippen molar-refractivity contribution in [1.29, 1.82) is 0 Å². The molecule has 0 aliphatic carbocycles. The van der Waals surface area contributed by atoms with Gasteiger partial charge >= 0.3 is 5.97 Å². The maximum atomic E-state index is 12.2. The normalized spacial score (nSPS) is 10.6. The highest BCUT2D eigenvalue weighted by atomic mass is 16.5. The average molecular weight is 355 g/mol. The zero-order valence-corrected chi connectivity index (χ0v) is 15.4. The largest absolute Gasteiger partial charge is 0.482 e. The molecule has 5 nitrogen and oxygen atoms in total. The third-order valence-corrected chi connectivity index (χ3v) is 4.12. The number of aliphatic carboxylic acids is 1. The van der Waals surface area contributed by atoms with Gasteiger partial charge in [0, 0.05) is 12.1 Å². The lowest BCUT2D eigenvalue weighted by molar-refractivity contribution is -0.139. The number of carbonyl (C=O) groups excluding carboxylic acids is 1. The molecule has 0 aromatic heterocycles. The topological polar surface area (TPSA) is 75.6 Å². The molecule has 1 amide bonds. The van der Waals surface area contributed by atoms with Crippen molar-refractivity contribution < 1.29 is 19.4 Å². The Morgan fingerprint density at radius 1 is 1.12 bits per heavy atom. The quantitative estimate of drug-likeness (QED) is 0.746. The summed E-state index contributed by atoms with van der Waals surface area (Å²) in [6.07, 6.45) is 1.08. The second-order valence-electron chi connectivity index (χ2n) is 6.60. The molecule has 0 saturated heterocycles. The first-order valence-electron chi connectivity index (χ1n) is 8.69. The molecule has 2 aromatic rings. The highest BCUT2D eigenvalue weighted by Gasteiger charge is 2.08. The zero-order valence-electron chi connectivity index (χ0n) is 15.4. The van der Waals surface area contributed by atoms with Crippen molar-refractivity contribution in [3.05, 3.63) is 59.2 Å². The summed E-state index contributed by atoms with van der Waals surface area (Å²) in [6.45, 7) is 5.76. The minimum Gasteiger partial charge on any atom is -0.482 e. The highest BCUT2D eigenvalue weighted by Crippen LogP contribution is 2.22. The Bertz CT molecular complexity index is 766. The van der Waals surface area contributed by atoms with Gasteiger partial charge in [-0.2, -0.15) is 0 Å². The average Bonchev–Trinajstić information content (AvgIpc) is 2.60. The number of amides is 1. The first-order chi connectivity index (χ1) is 12.3. The van der Waals surface area contributed by atoms with Gasteiger partial charge in [0.1, 0.15) is 5.75 Å². The van der Waals surface area contributed by atoms with Crippen molar-refractivity contribution in [2.45, 2.75) is 39.5 Å². The summed E-state index contributed by atoms with van der Waals surface area (Å²) in [7, 11) is 0. The van der Waals surface area contributed by atoms with Crippen LogP contribution < -0.4 is 10.1 Å². The minimum atomic E-state index is -1.03. The first-order valence-corrected chi connectivity index (χ1v) is 8.69. The Morgan fingerprint density at radius 2 is 1.81 bits per heavy atom. The number of carboxylic acid groups (broad SMARTS) is 1. The first kappa shape index (κ1) is 19.5. The van der Waals surface area contributed by atoms with Gasteiger partial charge in [0.25, 0.3) is 0 Å². The van der Waals surface area contributed by atoms with E-state index in [1.807, 2.05) is 6.92 Å². The van der Waals surface area contributed by atoms with Gasteiger partial charge < -0.3 is 15.2 Å². The van der Waals surface area contributed by atoms with Gasteiger partial charge in [-0.3, -0.25) is 4.79 Å². The fourth-order valence-corrected chi connectivity index (χ4v) is 2.55. The van der Waals surface area contributed by atoms with Crippen LogP contribution in [-0.2, 0) is 16.0 Å². The number of carboxylic acids is 1. The summed E-state index contributed by atoms with van der Waals surface area (Å²) in [5.41, 5.74) is 3.95. The highest BCUT2D eigenvalue weighted by molar-refractivity contribution is 5.91. The van der Waals surface area contributed by atoms with Crippen LogP contribution in [0, 0.1) is 6.92 Å². The Kier molecular flexibility index (Phi) is 6.78. The summed E-state index contributed by atoms with van der Waals surface area (Å²) in [5, 5.41) is 11.5. The molecule has 0 heterocycles. The van der Waals surface area contributed by atoms with E-state index < -0.39 is 5.97 Å². The number of hydrogen-bond acceptors (Lipinski definition) is 3. The third-order valence-electron chi connectivity index (χ3n) is 4.12. The molecule has 0 bridgehead atoms. The van der Waals surface area contributed by atoms with Crippen LogP contribution in [0.5, 0.6) is 5.75 Å². The van der Waals surface area contributed by atoms with Crippen molar-refractivity contribution >= 4 is 17.6 Å². The van der Waals surface area contributed by atoms with Crippen LogP contribution in [0.1, 0.15) is 42.9 Å². The summed E-state index contributed by atoms with van der Waals surface area (Å²) in [6, 6.07) is 13.4. The summed E-state index contributed by atoms with van der Waals surface area (Å²) in [5.74, 6) is -0.118. The van der Waals surface area contributed by atoms with E-state index in [1.165, 1.54) is 5.56 Å². The molecule has 0 saturated carbocycles. The monoisotopic (exact) mass is 355 g/mol. The van der Waals surface area contributed by atoms with Crippen LogP contribution in [0.25, 0.3) is 0 Å². The molecular formula is C21H25NO4. The van der Waals surface area contributed by atoms with E-state index in [2.05, 4.69) is 43.4 Å². The van der Waals surface area contributed by atoms with E-state index in [0.29, 0.717) is 30.2 Å². The number of anilines is 1. The number of hydrogen-bond donors (Lipinski definition) is 2. The van der Waals surface area contributed by atoms with E-state index in [9.17, 15) is 9.59 Å². The Hall–Kier alpha value is -2.82. The van der Waals surface area contributed by atoms with Gasteiger partial charge in [-0.15, -0.1) is 0 Å². The van der Waals surface area contributed by atoms with Crippen LogP contribution >= 0.6 is 0 Å². The number of nitrogens with one attached hydrogen (secondary N) is 1. The molecule has 5 heteroatoms. The van der Waals surface area contributed by atoms with Crippen LogP contribution in [0.4, 0.5) is 5.69 Å². The number of carbonyl (C=O) groups is 2. The molecule has 0 aliphatic heterocycles. The van der Waals surface area contributed by atoms with Gasteiger partial charge in [0.15, 0.2) is 6.61 Å². The molecule has 2 N–H and O–H groups in total. The second-order valence-corrected chi connectivity index (χ2v) is 6.60. The van der Waals surface area contributed by atoms with Gasteiger partial charge in [-0.1, -0.05) is 38.1 Å². The maximum Gasteiger partial charge on any atom is 0.341 e. The van der Waals surface area contributed by atoms with Gasteiger partial charge in [0.05, 0.1) is 0 Å². The number of ether oxygens (including phenoxy) is 1. The van der Waals surface area contributed by atoms with Crippen molar-refractivity contribution in [3.8, 4) is 5.75 Å². The van der Waals surface area contributed by atoms with Gasteiger partial charge in [0.2, 0.25) is 5.91 Å². The standard InChI is InChI=1S/C21H25NO4/c1-14(2)17-7-4-16(5-8-17)6-11-20(23)22-19-10-9-18(12-15(19)3)26-13-21(24)25/h4-5,7-10,12,14H,6,11,13H2,1-3H3,(H,22,23)(H,24,25). The van der Waals surface area contributed by atoms with Crippen LogP contribution in [0.3, 0.4) is 0 Å². The molecule has 138 valence electrons. The fourth-order valence-electron chi connectivity index (χ4n) is 2.55. The lowest BCUT2D eigenvalue weighted by atomic mass is 10.0. The second kappa shape index (κ2) is 9.04. The lowest BCUT2D eigenvalue weighted by Crippen LogP contribution is -2.13. The molecule has 0 fully saturated rings. The maximum absolute atomic E-state index is 12.2. The summed E-state index contributed by atoms with van der Waals surface area (Å²) < 4.78 is 5.13. The molecular weight excluding hydrogens is 330 g/mol. The van der Waals surface area contributed by atoms with E-state index in [-0.39, 0.29) is 12.5 Å². The van der Waals surface area contributed by atoms with E-state index in [0.717, 1.165) is 11.1 Å². The SMILES string of the molecule is Cc1cc(OCC(=O)O)ccc1NC(=O)CCc1ccc(C(C)C)cc1. The Balaban J connectivity index is 1.88. The molecule has 2 rings (SSSR count). The molecule has 0 aliphatic rings. The molecule has 26 heavy (non-hydrogen) atoms. The Morgan fingerprint density at radius 3 is 2.38 bits per heavy atom. The fraction of sp³-hybridized carbons (Fsp3) is 0.333. The number of aryl methyl sites for hydroxylation is 2. The smallest absolute Gasteiger partial charge is 0.341 e. The summed E-state index contributed by atoms with van der Waals surface area (Å²) in [4.78, 5) is 22.7. The molecule has 0 spiro atoms. The third kappa shape index (κ3) is 5.92. The van der Waals surface area contributed by atoms with Gasteiger partial charge in [-0.25, -0.2) is 4.79 Å². The number of benzene rings is 2. The van der Waals surface area contributed by atoms with Crippen molar-refractivity contribution in [1.82, 2.24) is 0 Å². The zero-order chi connectivity index (χ0) is 19.1. The molecule has 0 radical (unpaired) electrons. The minimum absolute atomic E-state index is 0.0553. The predicted molar refractivity (Wildman–Crippen MR) is 102 cm³/mol. The molecule has 0 unspecified atom stereocenters. The molecule has 2 aromatic carbocycles.